The maximum Gasteiger partial charge on any atom is 0.376 e. The number of hydrogen-bond donors (Lipinski definition) is 0. The molecule has 0 fully saturated rings. The van der Waals surface area contributed by atoms with Crippen molar-refractivity contribution in [1.29, 1.82) is 0 Å². The molecular weight excluding hydrogens is 168 g/mol. The van der Waals surface area contributed by atoms with E-state index >= 15 is 0 Å². The van der Waals surface area contributed by atoms with E-state index in [2.05, 4.69) is 14.7 Å². The van der Waals surface area contributed by atoms with Crippen molar-refractivity contribution >= 4 is 5.97 Å². The van der Waals surface area contributed by atoms with Gasteiger partial charge in [0.1, 0.15) is 0 Å². The van der Waals surface area contributed by atoms with Crippen LogP contribution in [0.15, 0.2) is 12.4 Å². The van der Waals surface area contributed by atoms with Crippen molar-refractivity contribution in [2.24, 2.45) is 0 Å². The Balaban J connectivity index is 2.87. The zero-order valence-electron chi connectivity index (χ0n) is 7.94. The Kier molecular flexibility index (Phi) is 2.95. The predicted octanol–water partition coefficient (Wildman–Crippen LogP) is 1.39. The molecule has 1 heterocycles. The van der Waals surface area contributed by atoms with Gasteiger partial charge < -0.3 is 4.74 Å². The largest absolute Gasteiger partial charge is 0.463 e. The first-order valence-corrected chi connectivity index (χ1v) is 4.05. The number of ether oxygens (including phenoxy) is 1. The van der Waals surface area contributed by atoms with Crippen molar-refractivity contribution in [3.05, 3.63) is 23.8 Å². The van der Waals surface area contributed by atoms with Crippen molar-refractivity contribution in [1.82, 2.24) is 9.97 Å². The van der Waals surface area contributed by atoms with Gasteiger partial charge in [0.2, 0.25) is 5.82 Å². The molecule has 70 valence electrons. The Labute approximate surface area is 77.0 Å². The van der Waals surface area contributed by atoms with Crippen LogP contribution in [-0.4, -0.2) is 23.0 Å². The van der Waals surface area contributed by atoms with Crippen molar-refractivity contribution in [2.75, 3.05) is 7.11 Å². The second-order valence-electron chi connectivity index (χ2n) is 2.99. The zero-order chi connectivity index (χ0) is 9.84. The van der Waals surface area contributed by atoms with E-state index in [4.69, 9.17) is 0 Å². The van der Waals surface area contributed by atoms with Gasteiger partial charge in [0.15, 0.2) is 0 Å². The van der Waals surface area contributed by atoms with Crippen LogP contribution in [0.25, 0.3) is 0 Å². The average Bonchev–Trinajstić information content (AvgIpc) is 2.17. The maximum absolute atomic E-state index is 10.9. The molecule has 1 aromatic heterocycles. The van der Waals surface area contributed by atoms with Crippen LogP contribution in [0.4, 0.5) is 0 Å². The lowest BCUT2D eigenvalue weighted by Crippen LogP contribution is -2.07. The van der Waals surface area contributed by atoms with E-state index in [9.17, 15) is 4.79 Å². The fourth-order valence-electron chi connectivity index (χ4n) is 0.833. The summed E-state index contributed by atoms with van der Waals surface area (Å²) in [6.45, 7) is 4.08. The molecule has 0 atom stereocenters. The lowest BCUT2D eigenvalue weighted by atomic mass is 10.1. The number of aromatic nitrogens is 2. The second-order valence-corrected chi connectivity index (χ2v) is 2.99. The van der Waals surface area contributed by atoms with Crippen LogP contribution in [-0.2, 0) is 4.74 Å². The van der Waals surface area contributed by atoms with E-state index in [-0.39, 0.29) is 5.82 Å². The Bertz CT molecular complexity index is 293. The molecule has 0 radical (unpaired) electrons. The Morgan fingerprint density at radius 1 is 1.38 bits per heavy atom. The van der Waals surface area contributed by atoms with Gasteiger partial charge in [-0.1, -0.05) is 13.8 Å². The summed E-state index contributed by atoms with van der Waals surface area (Å²) in [6.07, 6.45) is 3.29. The van der Waals surface area contributed by atoms with Crippen LogP contribution in [0.3, 0.4) is 0 Å². The first-order valence-electron chi connectivity index (χ1n) is 4.05. The monoisotopic (exact) mass is 180 g/mol. The molecule has 4 heteroatoms. The van der Waals surface area contributed by atoms with Crippen molar-refractivity contribution in [3.63, 3.8) is 0 Å². The molecule has 0 aliphatic heterocycles. The fourth-order valence-corrected chi connectivity index (χ4v) is 0.833. The molecule has 13 heavy (non-hydrogen) atoms. The average molecular weight is 180 g/mol. The van der Waals surface area contributed by atoms with Crippen LogP contribution < -0.4 is 0 Å². The van der Waals surface area contributed by atoms with Crippen LogP contribution in [0.2, 0.25) is 0 Å². The number of rotatable bonds is 2. The van der Waals surface area contributed by atoms with Gasteiger partial charge in [0.25, 0.3) is 0 Å². The lowest BCUT2D eigenvalue weighted by molar-refractivity contribution is 0.0586. The van der Waals surface area contributed by atoms with E-state index in [0.29, 0.717) is 5.92 Å². The third-order valence-corrected chi connectivity index (χ3v) is 1.71. The fraction of sp³-hybridized carbons (Fsp3) is 0.444. The maximum atomic E-state index is 10.9. The highest BCUT2D eigenvalue weighted by molar-refractivity contribution is 5.84. The molecule has 0 bridgehead atoms. The number of esters is 1. The van der Waals surface area contributed by atoms with Gasteiger partial charge in [-0.05, 0) is 11.5 Å². The number of carbonyl (C=O) groups excluding carboxylic acids is 1. The number of methoxy groups -OCH3 is 1. The Morgan fingerprint density at radius 2 is 1.92 bits per heavy atom. The van der Waals surface area contributed by atoms with Gasteiger partial charge in [-0.25, -0.2) is 14.8 Å². The van der Waals surface area contributed by atoms with Gasteiger partial charge in [0.05, 0.1) is 7.11 Å². The van der Waals surface area contributed by atoms with Gasteiger partial charge in [-0.2, -0.15) is 0 Å². The molecule has 4 nitrogen and oxygen atoms in total. The summed E-state index contributed by atoms with van der Waals surface area (Å²) in [4.78, 5) is 18.7. The first kappa shape index (κ1) is 9.64. The molecule has 0 aromatic carbocycles. The van der Waals surface area contributed by atoms with Crippen LogP contribution >= 0.6 is 0 Å². The standard InChI is InChI=1S/C9H12N2O2/c1-6(2)7-4-10-8(11-5-7)9(12)13-3/h4-6H,1-3H3. The highest BCUT2D eigenvalue weighted by atomic mass is 16.5. The summed E-state index contributed by atoms with van der Waals surface area (Å²) >= 11 is 0. The lowest BCUT2D eigenvalue weighted by Gasteiger charge is -2.03. The summed E-state index contributed by atoms with van der Waals surface area (Å²) in [5.74, 6) is -0.0334. The van der Waals surface area contributed by atoms with Crippen LogP contribution in [0, 0.1) is 0 Å². The van der Waals surface area contributed by atoms with E-state index in [1.165, 1.54) is 7.11 Å². The number of hydrogen-bond acceptors (Lipinski definition) is 4. The molecule has 0 aliphatic rings. The van der Waals surface area contributed by atoms with E-state index in [0.717, 1.165) is 5.56 Å². The third-order valence-electron chi connectivity index (χ3n) is 1.71. The molecule has 1 aromatic rings. The number of nitrogens with zero attached hydrogens (tertiary/aromatic N) is 2. The smallest absolute Gasteiger partial charge is 0.376 e. The Morgan fingerprint density at radius 3 is 2.31 bits per heavy atom. The van der Waals surface area contributed by atoms with Crippen molar-refractivity contribution in [2.45, 2.75) is 19.8 Å². The minimum atomic E-state index is -0.504. The van der Waals surface area contributed by atoms with E-state index in [1.807, 2.05) is 13.8 Å². The summed E-state index contributed by atoms with van der Waals surface area (Å²) in [5.41, 5.74) is 1.01. The normalized spacial score (nSPS) is 10.2. The highest BCUT2D eigenvalue weighted by Crippen LogP contribution is 2.10. The topological polar surface area (TPSA) is 52.1 Å². The number of carbonyl (C=O) groups is 1. The summed E-state index contributed by atoms with van der Waals surface area (Å²) in [6, 6.07) is 0. The van der Waals surface area contributed by atoms with Gasteiger partial charge >= 0.3 is 5.97 Å². The van der Waals surface area contributed by atoms with E-state index < -0.39 is 5.97 Å². The van der Waals surface area contributed by atoms with E-state index in [1.54, 1.807) is 12.4 Å². The molecule has 0 spiro atoms. The minimum Gasteiger partial charge on any atom is -0.463 e. The van der Waals surface area contributed by atoms with Crippen molar-refractivity contribution in [3.8, 4) is 0 Å². The second kappa shape index (κ2) is 3.98. The third kappa shape index (κ3) is 2.24. The predicted molar refractivity (Wildman–Crippen MR) is 47.5 cm³/mol. The highest BCUT2D eigenvalue weighted by Gasteiger charge is 2.08. The Hall–Kier alpha value is -1.45. The summed E-state index contributed by atoms with van der Waals surface area (Å²) in [5, 5.41) is 0. The molecule has 0 saturated heterocycles. The van der Waals surface area contributed by atoms with Gasteiger partial charge in [-0.3, -0.25) is 0 Å². The van der Waals surface area contributed by atoms with Crippen LogP contribution in [0.5, 0.6) is 0 Å². The van der Waals surface area contributed by atoms with Gasteiger partial charge in [-0.15, -0.1) is 0 Å². The molecule has 0 saturated carbocycles. The molecular formula is C9H12N2O2. The summed E-state index contributed by atoms with van der Waals surface area (Å²) < 4.78 is 4.47. The quantitative estimate of drug-likeness (QED) is 0.645. The molecule has 1 rings (SSSR count). The van der Waals surface area contributed by atoms with Crippen molar-refractivity contribution < 1.29 is 9.53 Å². The van der Waals surface area contributed by atoms with Crippen LogP contribution in [0.1, 0.15) is 35.9 Å². The van der Waals surface area contributed by atoms with Gasteiger partial charge in [0, 0.05) is 12.4 Å². The zero-order valence-corrected chi connectivity index (χ0v) is 7.94. The molecule has 0 unspecified atom stereocenters. The molecule has 0 N–H and O–H groups in total. The minimum absolute atomic E-state index is 0.104. The molecule has 0 amide bonds. The summed E-state index contributed by atoms with van der Waals surface area (Å²) in [7, 11) is 1.31. The SMILES string of the molecule is COC(=O)c1ncc(C(C)C)cn1. The first-order chi connectivity index (χ1) is 6.15. The molecule has 0 aliphatic carbocycles.